The largest absolute Gasteiger partial charge is 1.00 e. The number of hydrogen-bond donors (Lipinski definition) is 6. The molecule has 0 saturated heterocycles. The van der Waals surface area contributed by atoms with Gasteiger partial charge in [0.15, 0.2) is 0 Å². The number of rotatable bonds is 6. The van der Waals surface area contributed by atoms with Crippen LogP contribution in [0.3, 0.4) is 0 Å². The summed E-state index contributed by atoms with van der Waals surface area (Å²) in [7, 11) is -7.69. The molecular formula is C32H24Cl2CoN6NaO8S2+. The number of primary sulfonamides is 2. The van der Waals surface area contributed by atoms with E-state index in [1.54, 1.807) is 0 Å². The van der Waals surface area contributed by atoms with Gasteiger partial charge in [-0.3, -0.25) is 0 Å². The molecule has 52 heavy (non-hydrogen) atoms. The van der Waals surface area contributed by atoms with E-state index in [0.717, 1.165) is 0 Å². The van der Waals surface area contributed by atoms with Gasteiger partial charge in [0.25, 0.3) is 0 Å². The van der Waals surface area contributed by atoms with E-state index in [9.17, 15) is 37.3 Å². The summed E-state index contributed by atoms with van der Waals surface area (Å²) in [4.78, 5) is -0.109. The second-order valence-corrected chi connectivity index (χ2v) is 14.4. The number of aromatic hydroxyl groups is 4. The summed E-state index contributed by atoms with van der Waals surface area (Å²) in [5.74, 6) is -0.545. The molecule has 0 bridgehead atoms. The smallest absolute Gasteiger partial charge is 0.506 e. The molecule has 20 heteroatoms. The second-order valence-electron chi connectivity index (χ2n) is 10.4. The predicted octanol–water partition coefficient (Wildman–Crippen LogP) is 4.94. The van der Waals surface area contributed by atoms with Crippen molar-refractivity contribution < 1.29 is 83.6 Å². The molecular weight excluding hydrogens is 813 g/mol. The van der Waals surface area contributed by atoms with Crippen molar-refractivity contribution in [2.24, 2.45) is 30.7 Å². The van der Waals surface area contributed by atoms with E-state index >= 15 is 0 Å². The van der Waals surface area contributed by atoms with Crippen LogP contribution in [0.1, 0.15) is 0 Å². The first kappa shape index (κ1) is 42.6. The minimum atomic E-state index is -3.85. The van der Waals surface area contributed by atoms with Gasteiger partial charge in [0.1, 0.15) is 45.7 Å². The van der Waals surface area contributed by atoms with Crippen molar-refractivity contribution in [2.45, 2.75) is 9.79 Å². The van der Waals surface area contributed by atoms with Gasteiger partial charge in [-0.25, -0.2) is 27.1 Å². The van der Waals surface area contributed by atoms with E-state index in [4.69, 9.17) is 33.5 Å². The van der Waals surface area contributed by atoms with E-state index < -0.39 is 20.0 Å². The number of phenolic OH excluding ortho intramolecular Hbond substituents is 4. The molecule has 0 aliphatic heterocycles. The Labute approximate surface area is 339 Å². The monoisotopic (exact) mass is 836 g/mol. The summed E-state index contributed by atoms with van der Waals surface area (Å²) >= 11 is 11.7. The van der Waals surface area contributed by atoms with Gasteiger partial charge in [-0.2, -0.15) is 0 Å². The summed E-state index contributed by atoms with van der Waals surface area (Å²) in [6.07, 6.45) is 0. The van der Waals surface area contributed by atoms with Crippen molar-refractivity contribution in [3.63, 3.8) is 0 Å². The van der Waals surface area contributed by atoms with Gasteiger partial charge < -0.3 is 20.4 Å². The Morgan fingerprint density at radius 1 is 0.481 bits per heavy atom. The summed E-state index contributed by atoms with van der Waals surface area (Å²) in [5.41, 5.74) is 0.505. The van der Waals surface area contributed by atoms with E-state index in [-0.39, 0.29) is 102 Å². The third-order valence-electron chi connectivity index (χ3n) is 6.93. The zero-order chi connectivity index (χ0) is 36.4. The fourth-order valence-corrected chi connectivity index (χ4v) is 5.92. The molecule has 0 heterocycles. The first-order valence-electron chi connectivity index (χ1n) is 13.9. The molecule has 6 aromatic rings. The fraction of sp³-hybridized carbons (Fsp3) is 0. The second kappa shape index (κ2) is 17.3. The van der Waals surface area contributed by atoms with Crippen molar-refractivity contribution in [3.8, 4) is 23.0 Å². The van der Waals surface area contributed by atoms with Crippen LogP contribution >= 0.6 is 23.2 Å². The first-order chi connectivity index (χ1) is 23.5. The SMILES string of the molecule is NS(=O)(=O)c1ccc2c(N=Nc3cc(Cl)ccc3O)c(O)ccc2c1.NS(=O)(=O)c1ccc2c(N=Nc3cc(Cl)ccc3O)c(O)ccc2c1.[Co].[Na+]. The van der Waals surface area contributed by atoms with Crippen LogP contribution in [-0.2, 0) is 36.8 Å². The van der Waals surface area contributed by atoms with Crippen LogP contribution in [0.2, 0.25) is 10.0 Å². The molecule has 265 valence electrons. The average Bonchev–Trinajstić information content (AvgIpc) is 3.05. The minimum absolute atomic E-state index is 0. The molecule has 1 radical (unpaired) electrons. The van der Waals surface area contributed by atoms with Gasteiger partial charge in [0.2, 0.25) is 20.0 Å². The molecule has 0 spiro atoms. The van der Waals surface area contributed by atoms with Crippen LogP contribution in [-0.4, -0.2) is 37.3 Å². The Bertz CT molecular complexity index is 2420. The van der Waals surface area contributed by atoms with Gasteiger partial charge in [0.05, 0.1) is 9.79 Å². The summed E-state index contributed by atoms with van der Waals surface area (Å²) in [6.45, 7) is 0. The van der Waals surface area contributed by atoms with Gasteiger partial charge in [-0.05, 0) is 83.6 Å². The van der Waals surface area contributed by atoms with E-state index in [0.29, 0.717) is 31.6 Å². The molecule has 0 aliphatic rings. The number of hydrogen-bond acceptors (Lipinski definition) is 12. The number of nitrogens with zero attached hydrogens (tertiary/aromatic N) is 4. The molecule has 0 amide bonds. The molecule has 6 aromatic carbocycles. The Morgan fingerprint density at radius 2 is 0.827 bits per heavy atom. The molecule has 0 aliphatic carbocycles. The Balaban J connectivity index is 0.000000270. The molecule has 0 aromatic heterocycles. The molecule has 0 fully saturated rings. The zero-order valence-corrected chi connectivity index (χ0v) is 32.7. The Kier molecular flexibility index (Phi) is 14.2. The van der Waals surface area contributed by atoms with Crippen molar-refractivity contribution in [3.05, 3.63) is 107 Å². The van der Waals surface area contributed by atoms with Crippen molar-refractivity contribution in [1.82, 2.24) is 0 Å². The van der Waals surface area contributed by atoms with Crippen molar-refractivity contribution in [2.75, 3.05) is 0 Å². The summed E-state index contributed by atoms with van der Waals surface area (Å²) in [5, 5.41) is 68.3. The van der Waals surface area contributed by atoms with Crippen molar-refractivity contribution in [1.29, 1.82) is 0 Å². The maximum absolute atomic E-state index is 11.5. The standard InChI is InChI=1S/2C16H12ClN3O4S.Co.Na/c2*17-10-2-6-14(21)13(8-10)19-20-16-12-4-3-11(25(18,23)24)7-9(12)1-5-15(16)22;;/h2*1-8,21-22H,(H2,18,23,24);;/q;;;+1. The number of sulfonamides is 2. The van der Waals surface area contributed by atoms with Gasteiger partial charge in [0, 0.05) is 37.6 Å². The van der Waals surface area contributed by atoms with Gasteiger partial charge in [-0.1, -0.05) is 47.5 Å². The van der Waals surface area contributed by atoms with E-state index in [2.05, 4.69) is 20.5 Å². The third kappa shape index (κ3) is 10.2. The Morgan fingerprint density at radius 3 is 1.17 bits per heavy atom. The molecule has 0 unspecified atom stereocenters. The third-order valence-corrected chi connectivity index (χ3v) is 9.22. The predicted molar refractivity (Wildman–Crippen MR) is 189 cm³/mol. The van der Waals surface area contributed by atoms with E-state index in [1.165, 1.54) is 97.1 Å². The maximum atomic E-state index is 11.5. The number of halogens is 2. The molecule has 14 nitrogen and oxygen atoms in total. The Hall–Kier alpha value is -3.85. The van der Waals surface area contributed by atoms with Gasteiger partial charge in [-0.15, -0.1) is 20.5 Å². The maximum Gasteiger partial charge on any atom is 1.00 e. The van der Waals surface area contributed by atoms with Crippen molar-refractivity contribution >= 4 is 87.5 Å². The fourth-order valence-electron chi connectivity index (χ4n) is 4.49. The van der Waals surface area contributed by atoms with Crippen LogP contribution in [0.4, 0.5) is 22.7 Å². The summed E-state index contributed by atoms with van der Waals surface area (Å²) in [6, 6.07) is 22.7. The normalized spacial score (nSPS) is 11.6. The number of azo groups is 2. The topological polar surface area (TPSA) is 251 Å². The van der Waals surface area contributed by atoms with Crippen LogP contribution in [0, 0.1) is 0 Å². The molecule has 0 atom stereocenters. The number of benzene rings is 6. The van der Waals surface area contributed by atoms with Crippen LogP contribution < -0.4 is 39.8 Å². The van der Waals surface area contributed by atoms with Crippen LogP contribution in [0.5, 0.6) is 23.0 Å². The van der Waals surface area contributed by atoms with Crippen LogP contribution in [0.15, 0.2) is 127 Å². The first-order valence-corrected chi connectivity index (χ1v) is 17.7. The van der Waals surface area contributed by atoms with E-state index in [1.807, 2.05) is 0 Å². The van der Waals surface area contributed by atoms with Gasteiger partial charge >= 0.3 is 29.6 Å². The molecule has 0 saturated carbocycles. The number of fused-ring (bicyclic) bond motifs is 2. The average molecular weight is 838 g/mol. The molecule has 6 rings (SSSR count). The number of nitrogens with two attached hydrogens (primary N) is 2. The summed E-state index contributed by atoms with van der Waals surface area (Å²) < 4.78 is 45.8. The number of phenols is 4. The zero-order valence-electron chi connectivity index (χ0n) is 26.5. The van der Waals surface area contributed by atoms with Crippen LogP contribution in [0.25, 0.3) is 21.5 Å². The quantitative estimate of drug-likeness (QED) is 0.0988. The minimum Gasteiger partial charge on any atom is -0.506 e. The molecule has 8 N–H and O–H groups in total.